The number of carbonyl (C=O) groups excluding carboxylic acids is 1. The maximum atomic E-state index is 12.4. The van der Waals surface area contributed by atoms with Gasteiger partial charge in [-0.3, -0.25) is 9.52 Å². The van der Waals surface area contributed by atoms with Crippen LogP contribution in [-0.2, 0) is 10.0 Å². The highest BCUT2D eigenvalue weighted by Gasteiger charge is 2.16. The fraction of sp³-hybridized carbons (Fsp3) is 0.235. The van der Waals surface area contributed by atoms with Crippen LogP contribution in [0, 0.1) is 0 Å². The molecule has 0 spiro atoms. The van der Waals surface area contributed by atoms with E-state index >= 15 is 0 Å². The highest BCUT2D eigenvalue weighted by atomic mass is 35.5. The largest absolute Gasteiger partial charge is 0.495 e. The lowest BCUT2D eigenvalue weighted by atomic mass is 10.2. The topological polar surface area (TPSA) is 84.5 Å². The molecule has 2 aromatic carbocycles. The number of amides is 1. The van der Waals surface area contributed by atoms with Crippen molar-refractivity contribution >= 4 is 33.2 Å². The molecule has 6 nitrogen and oxygen atoms in total. The Morgan fingerprint density at radius 2 is 1.76 bits per heavy atom. The van der Waals surface area contributed by atoms with Crippen molar-refractivity contribution in [3.8, 4) is 5.75 Å². The van der Waals surface area contributed by atoms with Crippen molar-refractivity contribution in [3.05, 3.63) is 53.1 Å². The Morgan fingerprint density at radius 1 is 1.12 bits per heavy atom. The summed E-state index contributed by atoms with van der Waals surface area (Å²) in [5.74, 6) is 0.193. The Kier molecular flexibility index (Phi) is 5.92. The van der Waals surface area contributed by atoms with E-state index in [1.807, 2.05) is 13.8 Å². The number of sulfonamides is 1. The first kappa shape index (κ1) is 19.1. The number of anilines is 1. The van der Waals surface area contributed by atoms with Crippen molar-refractivity contribution in [2.45, 2.75) is 24.8 Å². The first-order valence-electron chi connectivity index (χ1n) is 7.50. The van der Waals surface area contributed by atoms with Crippen LogP contribution in [0.2, 0.25) is 5.02 Å². The molecule has 0 aliphatic carbocycles. The predicted octanol–water partition coefficient (Wildman–Crippen LogP) is 3.29. The average Bonchev–Trinajstić information content (AvgIpc) is 2.54. The Bertz CT molecular complexity index is 865. The van der Waals surface area contributed by atoms with Crippen molar-refractivity contribution < 1.29 is 17.9 Å². The van der Waals surface area contributed by atoms with Crippen molar-refractivity contribution in [1.82, 2.24) is 5.32 Å². The number of carbonyl (C=O) groups is 1. The summed E-state index contributed by atoms with van der Waals surface area (Å²) >= 11 is 6.00. The van der Waals surface area contributed by atoms with E-state index in [1.165, 1.54) is 37.4 Å². The number of benzene rings is 2. The first-order chi connectivity index (χ1) is 11.7. The molecule has 0 aromatic heterocycles. The lowest BCUT2D eigenvalue weighted by Gasteiger charge is -2.11. The molecule has 0 saturated heterocycles. The van der Waals surface area contributed by atoms with Crippen LogP contribution in [0.25, 0.3) is 0 Å². The number of ether oxygens (including phenoxy) is 1. The molecule has 0 fully saturated rings. The number of hydrogen-bond acceptors (Lipinski definition) is 4. The van der Waals surface area contributed by atoms with Gasteiger partial charge >= 0.3 is 0 Å². The summed E-state index contributed by atoms with van der Waals surface area (Å²) in [4.78, 5) is 11.9. The normalized spacial score (nSPS) is 11.2. The lowest BCUT2D eigenvalue weighted by molar-refractivity contribution is 0.0943. The second kappa shape index (κ2) is 7.76. The molecule has 0 radical (unpaired) electrons. The molecule has 0 atom stereocenters. The van der Waals surface area contributed by atoms with E-state index in [1.54, 1.807) is 12.1 Å². The van der Waals surface area contributed by atoms with Gasteiger partial charge in [-0.25, -0.2) is 8.42 Å². The van der Waals surface area contributed by atoms with Crippen LogP contribution in [-0.4, -0.2) is 27.5 Å². The van der Waals surface area contributed by atoms with Gasteiger partial charge in [-0.1, -0.05) is 11.6 Å². The zero-order chi connectivity index (χ0) is 18.6. The zero-order valence-electron chi connectivity index (χ0n) is 14.0. The van der Waals surface area contributed by atoms with Crippen LogP contribution >= 0.6 is 11.6 Å². The van der Waals surface area contributed by atoms with Gasteiger partial charge in [0.1, 0.15) is 5.75 Å². The molecule has 0 saturated carbocycles. The van der Waals surface area contributed by atoms with Gasteiger partial charge in [0.25, 0.3) is 15.9 Å². The molecule has 2 N–H and O–H groups in total. The Morgan fingerprint density at radius 3 is 2.28 bits per heavy atom. The van der Waals surface area contributed by atoms with Crippen LogP contribution in [0.5, 0.6) is 5.75 Å². The number of methoxy groups -OCH3 is 1. The predicted molar refractivity (Wildman–Crippen MR) is 97.9 cm³/mol. The van der Waals surface area contributed by atoms with Crippen LogP contribution in [0.15, 0.2) is 47.4 Å². The molecule has 0 unspecified atom stereocenters. The molecule has 2 rings (SSSR count). The quantitative estimate of drug-likeness (QED) is 0.802. The molecule has 2 aromatic rings. The molecule has 0 aliphatic heterocycles. The first-order valence-corrected chi connectivity index (χ1v) is 9.36. The molecule has 0 heterocycles. The van der Waals surface area contributed by atoms with E-state index in [2.05, 4.69) is 10.0 Å². The van der Waals surface area contributed by atoms with Gasteiger partial charge in [-0.15, -0.1) is 0 Å². The molecular formula is C17H19ClN2O4S. The van der Waals surface area contributed by atoms with E-state index in [4.69, 9.17) is 16.3 Å². The second-order valence-corrected chi connectivity index (χ2v) is 7.70. The van der Waals surface area contributed by atoms with Gasteiger partial charge in [-0.2, -0.15) is 0 Å². The number of halogens is 1. The summed E-state index contributed by atoms with van der Waals surface area (Å²) in [6, 6.07) is 10.3. The highest BCUT2D eigenvalue weighted by Crippen LogP contribution is 2.28. The van der Waals surface area contributed by atoms with Gasteiger partial charge in [0.15, 0.2) is 0 Å². The van der Waals surface area contributed by atoms with Crippen molar-refractivity contribution in [2.24, 2.45) is 0 Å². The van der Waals surface area contributed by atoms with Gasteiger partial charge in [0.2, 0.25) is 0 Å². The summed E-state index contributed by atoms with van der Waals surface area (Å²) in [5.41, 5.74) is 0.701. The van der Waals surface area contributed by atoms with Gasteiger partial charge < -0.3 is 10.1 Å². The smallest absolute Gasteiger partial charge is 0.261 e. The molecular weight excluding hydrogens is 364 g/mol. The standard InChI is InChI=1S/C17H19ClN2O4S/c1-11(2)19-17(21)12-4-7-14(8-5-12)25(22,23)20-13-6-9-16(24-3)15(18)10-13/h4-11,20H,1-3H3,(H,19,21). The van der Waals surface area contributed by atoms with E-state index < -0.39 is 10.0 Å². The Labute approximate surface area is 152 Å². The van der Waals surface area contributed by atoms with Crippen molar-refractivity contribution in [1.29, 1.82) is 0 Å². The summed E-state index contributed by atoms with van der Waals surface area (Å²) in [5, 5.41) is 3.04. The van der Waals surface area contributed by atoms with Crippen LogP contribution < -0.4 is 14.8 Å². The third-order valence-electron chi connectivity index (χ3n) is 3.25. The summed E-state index contributed by atoms with van der Waals surface area (Å²) in [7, 11) is -2.32. The fourth-order valence-electron chi connectivity index (χ4n) is 2.07. The second-order valence-electron chi connectivity index (χ2n) is 5.61. The monoisotopic (exact) mass is 382 g/mol. The maximum Gasteiger partial charge on any atom is 0.261 e. The van der Waals surface area contributed by atoms with E-state index in [0.717, 1.165) is 0 Å². The minimum Gasteiger partial charge on any atom is -0.495 e. The van der Waals surface area contributed by atoms with Gasteiger partial charge in [0.05, 0.1) is 22.7 Å². The molecule has 0 bridgehead atoms. The minimum absolute atomic E-state index is 0.00241. The molecule has 25 heavy (non-hydrogen) atoms. The SMILES string of the molecule is COc1ccc(NS(=O)(=O)c2ccc(C(=O)NC(C)C)cc2)cc1Cl. The Balaban J connectivity index is 2.19. The highest BCUT2D eigenvalue weighted by molar-refractivity contribution is 7.92. The molecule has 8 heteroatoms. The fourth-order valence-corrected chi connectivity index (χ4v) is 3.38. The van der Waals surface area contributed by atoms with Gasteiger partial charge in [0, 0.05) is 11.6 Å². The van der Waals surface area contributed by atoms with Crippen LogP contribution in [0.3, 0.4) is 0 Å². The number of rotatable bonds is 6. The van der Waals surface area contributed by atoms with Crippen LogP contribution in [0.4, 0.5) is 5.69 Å². The third-order valence-corrected chi connectivity index (χ3v) is 4.94. The number of nitrogens with one attached hydrogen (secondary N) is 2. The van der Waals surface area contributed by atoms with Crippen molar-refractivity contribution in [3.63, 3.8) is 0 Å². The maximum absolute atomic E-state index is 12.4. The molecule has 1 amide bonds. The third kappa shape index (κ3) is 4.87. The molecule has 134 valence electrons. The van der Waals surface area contributed by atoms with E-state index in [-0.39, 0.29) is 16.8 Å². The summed E-state index contributed by atoms with van der Waals surface area (Å²) in [6.45, 7) is 3.70. The van der Waals surface area contributed by atoms with Crippen molar-refractivity contribution in [2.75, 3.05) is 11.8 Å². The molecule has 0 aliphatic rings. The Hall–Kier alpha value is -2.25. The zero-order valence-corrected chi connectivity index (χ0v) is 15.6. The van der Waals surface area contributed by atoms with E-state index in [9.17, 15) is 13.2 Å². The van der Waals surface area contributed by atoms with Crippen LogP contribution in [0.1, 0.15) is 24.2 Å². The summed E-state index contributed by atoms with van der Waals surface area (Å²) < 4.78 is 32.4. The average molecular weight is 383 g/mol. The lowest BCUT2D eigenvalue weighted by Crippen LogP contribution is -2.30. The number of hydrogen-bond donors (Lipinski definition) is 2. The van der Waals surface area contributed by atoms with E-state index in [0.29, 0.717) is 22.0 Å². The van der Waals surface area contributed by atoms with Gasteiger partial charge in [-0.05, 0) is 56.3 Å². The minimum atomic E-state index is -3.80. The summed E-state index contributed by atoms with van der Waals surface area (Å²) in [6.07, 6.45) is 0.